The largest absolute Gasteiger partial charge is 0.379 e. The van der Waals surface area contributed by atoms with Gasteiger partial charge in [-0.1, -0.05) is 32.9 Å². The van der Waals surface area contributed by atoms with Crippen LogP contribution in [0.1, 0.15) is 43.6 Å². The molecular formula is C20H31N3O3. The lowest BCUT2D eigenvalue weighted by Gasteiger charge is -2.26. The average molecular weight is 361 g/mol. The van der Waals surface area contributed by atoms with E-state index in [0.29, 0.717) is 12.1 Å². The highest BCUT2D eigenvalue weighted by Gasteiger charge is 2.18. The Morgan fingerprint density at radius 2 is 1.77 bits per heavy atom. The van der Waals surface area contributed by atoms with Gasteiger partial charge in [0.15, 0.2) is 0 Å². The summed E-state index contributed by atoms with van der Waals surface area (Å²) < 4.78 is 5.30. The molecule has 1 aromatic rings. The number of hydrogen-bond donors (Lipinski definition) is 2. The summed E-state index contributed by atoms with van der Waals surface area (Å²) in [7, 11) is 0. The molecule has 0 saturated carbocycles. The number of amides is 2. The molecule has 2 rings (SSSR count). The Morgan fingerprint density at radius 3 is 2.35 bits per heavy atom. The highest BCUT2D eigenvalue weighted by molar-refractivity contribution is 5.97. The number of nitrogens with zero attached hydrogens (tertiary/aromatic N) is 1. The summed E-state index contributed by atoms with van der Waals surface area (Å²) in [5.41, 5.74) is 1.77. The Morgan fingerprint density at radius 1 is 1.15 bits per heavy atom. The van der Waals surface area contributed by atoms with Gasteiger partial charge < -0.3 is 15.4 Å². The van der Waals surface area contributed by atoms with E-state index in [1.807, 2.05) is 12.1 Å². The maximum atomic E-state index is 12.3. The molecule has 2 N–H and O–H groups in total. The number of carbonyl (C=O) groups is 2. The highest BCUT2D eigenvalue weighted by atomic mass is 16.5. The maximum absolute atomic E-state index is 12.3. The van der Waals surface area contributed by atoms with Crippen LogP contribution in [0.25, 0.3) is 0 Å². The topological polar surface area (TPSA) is 70.7 Å². The van der Waals surface area contributed by atoms with Crippen molar-refractivity contribution in [1.82, 2.24) is 15.5 Å². The first kappa shape index (κ1) is 20.4. The van der Waals surface area contributed by atoms with E-state index in [9.17, 15) is 9.59 Å². The highest BCUT2D eigenvalue weighted by Crippen LogP contribution is 2.22. The second-order valence-corrected chi connectivity index (χ2v) is 7.77. The molecule has 1 aliphatic rings. The van der Waals surface area contributed by atoms with Crippen LogP contribution in [0.4, 0.5) is 0 Å². The van der Waals surface area contributed by atoms with E-state index in [0.717, 1.165) is 32.8 Å². The van der Waals surface area contributed by atoms with Crippen molar-refractivity contribution in [1.29, 1.82) is 0 Å². The number of hydrogen-bond acceptors (Lipinski definition) is 4. The minimum Gasteiger partial charge on any atom is -0.379 e. The van der Waals surface area contributed by atoms with Crippen LogP contribution in [0.2, 0.25) is 0 Å². The molecule has 6 heteroatoms. The van der Waals surface area contributed by atoms with Gasteiger partial charge in [0.25, 0.3) is 5.91 Å². The summed E-state index contributed by atoms with van der Waals surface area (Å²) in [5, 5.41) is 5.64. The molecule has 0 radical (unpaired) electrons. The van der Waals surface area contributed by atoms with Gasteiger partial charge in [-0.15, -0.1) is 0 Å². The predicted molar refractivity (Wildman–Crippen MR) is 102 cm³/mol. The molecule has 6 nitrogen and oxygen atoms in total. The zero-order valence-electron chi connectivity index (χ0n) is 16.3. The van der Waals surface area contributed by atoms with E-state index in [1.165, 1.54) is 5.56 Å². The molecule has 1 heterocycles. The Hall–Kier alpha value is -1.92. The van der Waals surface area contributed by atoms with Crippen LogP contribution < -0.4 is 10.6 Å². The molecule has 0 aromatic heterocycles. The first-order valence-electron chi connectivity index (χ1n) is 9.26. The van der Waals surface area contributed by atoms with Gasteiger partial charge in [0.1, 0.15) is 6.04 Å². The number of nitrogens with one attached hydrogen (secondary N) is 2. The molecule has 26 heavy (non-hydrogen) atoms. The van der Waals surface area contributed by atoms with Crippen molar-refractivity contribution >= 4 is 11.8 Å². The van der Waals surface area contributed by atoms with Crippen LogP contribution in [0, 0.1) is 0 Å². The van der Waals surface area contributed by atoms with E-state index in [-0.39, 0.29) is 17.2 Å². The molecule has 0 aliphatic carbocycles. The van der Waals surface area contributed by atoms with Gasteiger partial charge in [0.2, 0.25) is 5.91 Å². The van der Waals surface area contributed by atoms with E-state index in [2.05, 4.69) is 36.3 Å². The number of rotatable bonds is 6. The van der Waals surface area contributed by atoms with Gasteiger partial charge in [-0.05, 0) is 30.0 Å². The summed E-state index contributed by atoms with van der Waals surface area (Å²) in [6, 6.07) is 6.96. The van der Waals surface area contributed by atoms with Crippen LogP contribution in [0.15, 0.2) is 24.3 Å². The lowest BCUT2D eigenvalue weighted by Crippen LogP contribution is -2.47. The first-order valence-corrected chi connectivity index (χ1v) is 9.26. The summed E-state index contributed by atoms with van der Waals surface area (Å²) in [5.74, 6) is -0.404. The van der Waals surface area contributed by atoms with Crippen LogP contribution in [-0.2, 0) is 14.9 Å². The monoisotopic (exact) mass is 361 g/mol. The molecule has 1 fully saturated rings. The minimum atomic E-state index is -0.575. The number of benzene rings is 1. The summed E-state index contributed by atoms with van der Waals surface area (Å²) in [4.78, 5) is 26.8. The molecule has 0 spiro atoms. The molecule has 1 aromatic carbocycles. The summed E-state index contributed by atoms with van der Waals surface area (Å²) >= 11 is 0. The van der Waals surface area contributed by atoms with Crippen molar-refractivity contribution in [3.05, 3.63) is 35.4 Å². The van der Waals surface area contributed by atoms with Crippen molar-refractivity contribution in [3.8, 4) is 0 Å². The van der Waals surface area contributed by atoms with Crippen molar-refractivity contribution in [3.63, 3.8) is 0 Å². The number of ether oxygens (including phenoxy) is 1. The zero-order valence-corrected chi connectivity index (χ0v) is 16.3. The third-order valence-electron chi connectivity index (χ3n) is 4.58. The Kier molecular flexibility index (Phi) is 7.17. The number of morpholine rings is 1. The molecule has 2 amide bonds. The van der Waals surface area contributed by atoms with Crippen molar-refractivity contribution in [2.24, 2.45) is 0 Å². The molecule has 0 unspecified atom stereocenters. The first-order chi connectivity index (χ1) is 12.3. The third-order valence-corrected chi connectivity index (χ3v) is 4.58. The van der Waals surface area contributed by atoms with Gasteiger partial charge >= 0.3 is 0 Å². The molecule has 1 saturated heterocycles. The van der Waals surface area contributed by atoms with Crippen molar-refractivity contribution in [2.75, 3.05) is 39.4 Å². The van der Waals surface area contributed by atoms with Crippen LogP contribution in [-0.4, -0.2) is 62.1 Å². The molecular weight excluding hydrogens is 330 g/mol. The molecule has 144 valence electrons. The fraction of sp³-hybridized carbons (Fsp3) is 0.600. The Balaban J connectivity index is 1.77. The molecule has 0 bridgehead atoms. The van der Waals surface area contributed by atoms with Gasteiger partial charge in [0, 0.05) is 31.7 Å². The minimum absolute atomic E-state index is 0.0443. The maximum Gasteiger partial charge on any atom is 0.251 e. The molecule has 1 atom stereocenters. The Bertz CT molecular complexity index is 602. The summed E-state index contributed by atoms with van der Waals surface area (Å²) in [6.07, 6.45) is 0. The third kappa shape index (κ3) is 6.11. The standard InChI is InChI=1S/C20H31N3O3/c1-15(18(24)21-9-10-23-11-13-26-14-12-23)22-19(25)16-5-7-17(8-6-16)20(2,3)4/h5-8,15H,9-14H2,1-4H3,(H,21,24)(H,22,25)/t15-/m0/s1. The van der Waals surface area contributed by atoms with E-state index in [4.69, 9.17) is 4.74 Å². The van der Waals surface area contributed by atoms with Crippen LogP contribution in [0.3, 0.4) is 0 Å². The lowest BCUT2D eigenvalue weighted by atomic mass is 9.86. The Labute approximate surface area is 156 Å². The summed E-state index contributed by atoms with van der Waals surface area (Å²) in [6.45, 7) is 12.7. The van der Waals surface area contributed by atoms with Gasteiger partial charge in [-0.25, -0.2) is 0 Å². The fourth-order valence-electron chi connectivity index (χ4n) is 2.78. The SMILES string of the molecule is C[C@H](NC(=O)c1ccc(C(C)(C)C)cc1)C(=O)NCCN1CCOCC1. The van der Waals surface area contributed by atoms with Gasteiger partial charge in [-0.2, -0.15) is 0 Å². The normalized spacial score (nSPS) is 16.8. The van der Waals surface area contributed by atoms with Crippen molar-refractivity contribution in [2.45, 2.75) is 39.2 Å². The molecule has 1 aliphatic heterocycles. The smallest absolute Gasteiger partial charge is 0.251 e. The lowest BCUT2D eigenvalue weighted by molar-refractivity contribution is -0.122. The van der Waals surface area contributed by atoms with E-state index >= 15 is 0 Å². The second kappa shape index (κ2) is 9.14. The fourth-order valence-corrected chi connectivity index (χ4v) is 2.78. The van der Waals surface area contributed by atoms with Gasteiger partial charge in [-0.3, -0.25) is 14.5 Å². The zero-order chi connectivity index (χ0) is 19.2. The quantitative estimate of drug-likeness (QED) is 0.807. The van der Waals surface area contributed by atoms with Crippen molar-refractivity contribution < 1.29 is 14.3 Å². The average Bonchev–Trinajstić information content (AvgIpc) is 2.61. The van der Waals surface area contributed by atoms with Gasteiger partial charge in [0.05, 0.1) is 13.2 Å². The van der Waals surface area contributed by atoms with Crippen LogP contribution >= 0.6 is 0 Å². The van der Waals surface area contributed by atoms with E-state index < -0.39 is 6.04 Å². The number of carbonyl (C=O) groups excluding carboxylic acids is 2. The second-order valence-electron chi connectivity index (χ2n) is 7.77. The van der Waals surface area contributed by atoms with E-state index in [1.54, 1.807) is 19.1 Å². The predicted octanol–water partition coefficient (Wildman–Crippen LogP) is 1.55. The van der Waals surface area contributed by atoms with Crippen LogP contribution in [0.5, 0.6) is 0 Å².